The molecule has 2 rings (SSSR count). The van der Waals surface area contributed by atoms with E-state index in [0.717, 1.165) is 19.4 Å². The first-order chi connectivity index (χ1) is 8.62. The molecule has 2 heterocycles. The Morgan fingerprint density at radius 2 is 2.44 bits per heavy atom. The molecule has 1 fully saturated rings. The highest BCUT2D eigenvalue weighted by Gasteiger charge is 2.20. The molecule has 1 aliphatic rings. The van der Waals surface area contributed by atoms with Gasteiger partial charge in [-0.1, -0.05) is 0 Å². The van der Waals surface area contributed by atoms with Crippen LogP contribution < -0.4 is 10.0 Å². The van der Waals surface area contributed by atoms with Crippen LogP contribution in [0.5, 0.6) is 0 Å². The summed E-state index contributed by atoms with van der Waals surface area (Å²) in [6, 6.07) is 4.81. The summed E-state index contributed by atoms with van der Waals surface area (Å²) in [4.78, 5) is 3.78. The van der Waals surface area contributed by atoms with E-state index >= 15 is 0 Å². The van der Waals surface area contributed by atoms with Gasteiger partial charge in [0.05, 0.1) is 11.6 Å². The molecule has 2 N–H and O–H groups in total. The molecule has 0 aliphatic carbocycles. The molecule has 6 nitrogen and oxygen atoms in total. The summed E-state index contributed by atoms with van der Waals surface area (Å²) in [6.07, 6.45) is 3.35. The van der Waals surface area contributed by atoms with E-state index in [2.05, 4.69) is 15.0 Å². The maximum absolute atomic E-state index is 11.9. The van der Waals surface area contributed by atoms with E-state index in [9.17, 15) is 8.42 Å². The first-order valence-electron chi connectivity index (χ1n) is 5.71. The number of sulfonamides is 1. The highest BCUT2D eigenvalue weighted by Crippen LogP contribution is 2.09. The Labute approximate surface area is 106 Å². The van der Waals surface area contributed by atoms with Crippen molar-refractivity contribution in [2.45, 2.75) is 23.9 Å². The first-order valence-corrected chi connectivity index (χ1v) is 7.19. The molecular weight excluding hydrogens is 252 g/mol. The summed E-state index contributed by atoms with van der Waals surface area (Å²) in [6.45, 7) is 1.27. The standard InChI is InChI=1S/C11H14N4O2S/c12-7-9-3-5-14-11(6-9)18(16,17)15-8-10-2-1-4-13-10/h3,5-6,10,13,15H,1-2,4,8H2/t10-/m1/s1. The summed E-state index contributed by atoms with van der Waals surface area (Å²) in [5, 5.41) is 11.8. The van der Waals surface area contributed by atoms with Crippen LogP contribution >= 0.6 is 0 Å². The van der Waals surface area contributed by atoms with E-state index in [-0.39, 0.29) is 16.6 Å². The van der Waals surface area contributed by atoms with Crippen molar-refractivity contribution >= 4 is 10.0 Å². The fourth-order valence-corrected chi connectivity index (χ4v) is 2.89. The minimum atomic E-state index is -3.63. The predicted octanol–water partition coefficient (Wildman–Crippen LogP) is -0.0164. The van der Waals surface area contributed by atoms with Crippen molar-refractivity contribution in [2.75, 3.05) is 13.1 Å². The van der Waals surface area contributed by atoms with Crippen LogP contribution in [0.3, 0.4) is 0 Å². The largest absolute Gasteiger partial charge is 0.313 e. The summed E-state index contributed by atoms with van der Waals surface area (Å²) in [7, 11) is -3.63. The average Bonchev–Trinajstić information content (AvgIpc) is 2.90. The molecule has 7 heteroatoms. The van der Waals surface area contributed by atoms with Crippen molar-refractivity contribution in [3.8, 4) is 6.07 Å². The van der Waals surface area contributed by atoms with Gasteiger partial charge < -0.3 is 5.32 Å². The number of nitrogens with one attached hydrogen (secondary N) is 2. The van der Waals surface area contributed by atoms with Crippen LogP contribution in [0.1, 0.15) is 18.4 Å². The van der Waals surface area contributed by atoms with Gasteiger partial charge >= 0.3 is 0 Å². The summed E-state index contributed by atoms with van der Waals surface area (Å²) in [5.41, 5.74) is 0.282. The zero-order valence-corrected chi connectivity index (χ0v) is 10.6. The zero-order valence-electron chi connectivity index (χ0n) is 9.76. The van der Waals surface area contributed by atoms with Crippen molar-refractivity contribution in [3.05, 3.63) is 23.9 Å². The number of pyridine rings is 1. The third kappa shape index (κ3) is 3.04. The third-order valence-electron chi connectivity index (χ3n) is 2.82. The molecule has 0 saturated carbocycles. The second kappa shape index (κ2) is 5.44. The number of rotatable bonds is 4. The highest BCUT2D eigenvalue weighted by atomic mass is 32.2. The second-order valence-corrected chi connectivity index (χ2v) is 5.85. The van der Waals surface area contributed by atoms with E-state index in [1.165, 1.54) is 18.3 Å². The number of hydrogen-bond acceptors (Lipinski definition) is 5. The summed E-state index contributed by atoms with van der Waals surface area (Å²) < 4.78 is 26.4. The molecule has 1 saturated heterocycles. The predicted molar refractivity (Wildman–Crippen MR) is 65.2 cm³/mol. The van der Waals surface area contributed by atoms with E-state index in [4.69, 9.17) is 5.26 Å². The molecule has 0 radical (unpaired) electrons. The summed E-state index contributed by atoms with van der Waals surface area (Å²) in [5.74, 6) is 0. The lowest BCUT2D eigenvalue weighted by molar-refractivity contribution is 0.549. The summed E-state index contributed by atoms with van der Waals surface area (Å²) >= 11 is 0. The van der Waals surface area contributed by atoms with Crippen LogP contribution in [0.15, 0.2) is 23.4 Å². The quantitative estimate of drug-likeness (QED) is 0.799. The Morgan fingerprint density at radius 3 is 3.11 bits per heavy atom. The molecule has 1 aromatic rings. The third-order valence-corrected chi connectivity index (χ3v) is 4.14. The Balaban J connectivity index is 2.07. The van der Waals surface area contributed by atoms with Gasteiger partial charge in [0.2, 0.25) is 0 Å². The lowest BCUT2D eigenvalue weighted by atomic mass is 10.2. The normalized spacial score (nSPS) is 19.6. The minimum Gasteiger partial charge on any atom is -0.313 e. The molecule has 18 heavy (non-hydrogen) atoms. The van der Waals surface area contributed by atoms with E-state index in [0.29, 0.717) is 6.54 Å². The van der Waals surface area contributed by atoms with Gasteiger partial charge in [-0.05, 0) is 31.5 Å². The van der Waals surface area contributed by atoms with Crippen molar-refractivity contribution in [1.29, 1.82) is 5.26 Å². The van der Waals surface area contributed by atoms with Crippen molar-refractivity contribution in [3.63, 3.8) is 0 Å². The Morgan fingerprint density at radius 1 is 1.61 bits per heavy atom. The van der Waals surface area contributed by atoms with Crippen LogP contribution in [-0.2, 0) is 10.0 Å². The first kappa shape index (κ1) is 13.0. The number of nitrogens with zero attached hydrogens (tertiary/aromatic N) is 2. The molecule has 0 spiro atoms. The molecule has 1 aromatic heterocycles. The fourth-order valence-electron chi connectivity index (χ4n) is 1.84. The highest BCUT2D eigenvalue weighted by molar-refractivity contribution is 7.89. The van der Waals surface area contributed by atoms with Crippen molar-refractivity contribution in [2.24, 2.45) is 0 Å². The van der Waals surface area contributed by atoms with Gasteiger partial charge in [-0.25, -0.2) is 18.1 Å². The Kier molecular flexibility index (Phi) is 3.91. The molecule has 0 bridgehead atoms. The van der Waals surface area contributed by atoms with Gasteiger partial charge in [-0.2, -0.15) is 5.26 Å². The number of nitriles is 1. The maximum atomic E-state index is 11.9. The van der Waals surface area contributed by atoms with Crippen LogP contribution in [0.25, 0.3) is 0 Å². The number of hydrogen-bond donors (Lipinski definition) is 2. The van der Waals surface area contributed by atoms with Crippen LogP contribution in [-0.4, -0.2) is 32.5 Å². The average molecular weight is 266 g/mol. The van der Waals surface area contributed by atoms with Gasteiger partial charge in [-0.3, -0.25) is 0 Å². The van der Waals surface area contributed by atoms with Gasteiger partial charge in [0.25, 0.3) is 10.0 Å². The van der Waals surface area contributed by atoms with Gasteiger partial charge in [-0.15, -0.1) is 0 Å². The Bertz CT molecular complexity index is 559. The van der Waals surface area contributed by atoms with E-state index in [1.807, 2.05) is 6.07 Å². The van der Waals surface area contributed by atoms with Gasteiger partial charge in [0.15, 0.2) is 5.03 Å². The topological polar surface area (TPSA) is 94.9 Å². The molecule has 1 aliphatic heterocycles. The van der Waals surface area contributed by atoms with Gasteiger partial charge in [0, 0.05) is 18.8 Å². The Hall–Kier alpha value is -1.49. The van der Waals surface area contributed by atoms with Crippen molar-refractivity contribution in [1.82, 2.24) is 15.0 Å². The minimum absolute atomic E-state index is 0.112. The van der Waals surface area contributed by atoms with Crippen LogP contribution in [0, 0.1) is 11.3 Å². The van der Waals surface area contributed by atoms with Crippen molar-refractivity contribution < 1.29 is 8.42 Å². The zero-order chi connectivity index (χ0) is 13.0. The maximum Gasteiger partial charge on any atom is 0.258 e. The monoisotopic (exact) mass is 266 g/mol. The SMILES string of the molecule is N#Cc1ccnc(S(=O)(=O)NC[C@H]2CCCN2)c1. The molecular formula is C11H14N4O2S. The van der Waals surface area contributed by atoms with Gasteiger partial charge in [0.1, 0.15) is 0 Å². The number of aromatic nitrogens is 1. The smallest absolute Gasteiger partial charge is 0.258 e. The molecule has 1 atom stereocenters. The lowest BCUT2D eigenvalue weighted by Gasteiger charge is -2.11. The molecule has 96 valence electrons. The molecule has 0 amide bonds. The molecule has 0 unspecified atom stereocenters. The fraction of sp³-hybridized carbons (Fsp3) is 0.455. The lowest BCUT2D eigenvalue weighted by Crippen LogP contribution is -2.37. The van der Waals surface area contributed by atoms with E-state index in [1.54, 1.807) is 0 Å². The van der Waals surface area contributed by atoms with Crippen LogP contribution in [0.4, 0.5) is 0 Å². The van der Waals surface area contributed by atoms with E-state index < -0.39 is 10.0 Å². The second-order valence-electron chi connectivity index (χ2n) is 4.14. The van der Waals surface area contributed by atoms with Crippen LogP contribution in [0.2, 0.25) is 0 Å². The molecule has 0 aromatic carbocycles.